The summed E-state index contributed by atoms with van der Waals surface area (Å²) < 4.78 is 11.4. The number of esters is 1. The fraction of sp³-hybridized carbons (Fsp3) is 0.400. The van der Waals surface area contributed by atoms with Gasteiger partial charge in [-0.2, -0.15) is 0 Å². The Hall–Kier alpha value is -1.78. The summed E-state index contributed by atoms with van der Waals surface area (Å²) >= 11 is 0. The zero-order valence-corrected chi connectivity index (χ0v) is 8.90. The summed E-state index contributed by atoms with van der Waals surface area (Å²) in [4.78, 5) is 11.5. The van der Waals surface area contributed by atoms with E-state index in [2.05, 4.69) is 11.7 Å². The molecule has 15 heavy (non-hydrogen) atoms. The molecule has 0 N–H and O–H groups in total. The molecule has 1 aromatic rings. The zero-order valence-electron chi connectivity index (χ0n) is 8.90. The van der Waals surface area contributed by atoms with Crippen LogP contribution >= 0.6 is 0 Å². The molecule has 0 saturated carbocycles. The number of ether oxygens (including phenoxy) is 2. The smallest absolute Gasteiger partial charge is 0.345 e. The fourth-order valence-electron chi connectivity index (χ4n) is 1.13. The zero-order chi connectivity index (χ0) is 11.3. The Bertz CT molecular complexity index is 358. The minimum absolute atomic E-state index is 0.273. The van der Waals surface area contributed by atoms with Crippen LogP contribution in [0.5, 0.6) is 5.88 Å². The van der Waals surface area contributed by atoms with Gasteiger partial charge >= 0.3 is 5.97 Å². The number of aromatic nitrogens is 2. The highest BCUT2D eigenvalue weighted by molar-refractivity contribution is 5.91. The Labute approximate surface area is 88.3 Å². The van der Waals surface area contributed by atoms with Crippen LogP contribution in [0, 0.1) is 0 Å². The van der Waals surface area contributed by atoms with E-state index in [1.54, 1.807) is 23.9 Å². The number of nitrogens with zero attached hydrogens (tertiary/aromatic N) is 2. The molecule has 5 nitrogen and oxygen atoms in total. The van der Waals surface area contributed by atoms with Crippen LogP contribution in [-0.4, -0.2) is 29.5 Å². The van der Waals surface area contributed by atoms with E-state index in [0.29, 0.717) is 18.7 Å². The van der Waals surface area contributed by atoms with Crippen molar-refractivity contribution in [3.8, 4) is 5.88 Å². The molecule has 0 unspecified atom stereocenters. The molecule has 0 saturated heterocycles. The molecule has 0 radical (unpaired) electrons. The standard InChI is InChI=1S/C10H14N2O3/c1-4-6-12-7-8(9(11-12)14-3)10(13)15-5-2/h4,7H,1,5-6H2,2-3H3. The maximum absolute atomic E-state index is 11.5. The summed E-state index contributed by atoms with van der Waals surface area (Å²) in [5.74, 6) is -0.153. The molecule has 0 spiro atoms. The molecule has 0 aliphatic carbocycles. The Balaban J connectivity index is 2.94. The first kappa shape index (κ1) is 11.3. The first-order valence-corrected chi connectivity index (χ1v) is 4.62. The normalized spacial score (nSPS) is 9.73. The lowest BCUT2D eigenvalue weighted by Gasteiger charge is -1.99. The van der Waals surface area contributed by atoms with Gasteiger partial charge in [-0.1, -0.05) is 6.08 Å². The minimum Gasteiger partial charge on any atom is -0.479 e. The van der Waals surface area contributed by atoms with Gasteiger partial charge in [-0.05, 0) is 6.92 Å². The maximum atomic E-state index is 11.5. The number of rotatable bonds is 5. The second-order valence-corrected chi connectivity index (χ2v) is 2.78. The Morgan fingerprint density at radius 2 is 2.47 bits per heavy atom. The van der Waals surface area contributed by atoms with Crippen molar-refractivity contribution in [3.63, 3.8) is 0 Å². The minimum atomic E-state index is -0.426. The molecule has 0 amide bonds. The molecule has 82 valence electrons. The average Bonchev–Trinajstić information content (AvgIpc) is 2.62. The van der Waals surface area contributed by atoms with Crippen LogP contribution in [0.1, 0.15) is 17.3 Å². The molecular weight excluding hydrogens is 196 g/mol. The Kier molecular flexibility index (Phi) is 3.91. The van der Waals surface area contributed by atoms with Gasteiger partial charge in [-0.25, -0.2) is 4.79 Å². The van der Waals surface area contributed by atoms with E-state index in [4.69, 9.17) is 9.47 Å². The topological polar surface area (TPSA) is 53.4 Å². The summed E-state index contributed by atoms with van der Waals surface area (Å²) in [6.45, 7) is 6.18. The number of hydrogen-bond donors (Lipinski definition) is 0. The second kappa shape index (κ2) is 5.19. The predicted octanol–water partition coefficient (Wildman–Crippen LogP) is 1.25. The summed E-state index contributed by atoms with van der Waals surface area (Å²) in [6.07, 6.45) is 3.26. The Morgan fingerprint density at radius 3 is 3.00 bits per heavy atom. The molecule has 1 heterocycles. The van der Waals surface area contributed by atoms with Crippen molar-refractivity contribution >= 4 is 5.97 Å². The number of carbonyl (C=O) groups excluding carboxylic acids is 1. The first-order valence-electron chi connectivity index (χ1n) is 4.62. The molecule has 5 heteroatoms. The monoisotopic (exact) mass is 210 g/mol. The molecule has 0 aromatic carbocycles. The predicted molar refractivity (Wildman–Crippen MR) is 54.9 cm³/mol. The van der Waals surface area contributed by atoms with Gasteiger partial charge in [-0.15, -0.1) is 11.7 Å². The molecule has 0 fully saturated rings. The van der Waals surface area contributed by atoms with Crippen LogP contribution in [0.3, 0.4) is 0 Å². The van der Waals surface area contributed by atoms with E-state index in [-0.39, 0.29) is 5.88 Å². The summed E-state index contributed by atoms with van der Waals surface area (Å²) in [5, 5.41) is 4.04. The van der Waals surface area contributed by atoms with Crippen LogP contribution in [0.15, 0.2) is 18.9 Å². The van der Waals surface area contributed by atoms with Crippen LogP contribution in [0.4, 0.5) is 0 Å². The van der Waals surface area contributed by atoms with Gasteiger partial charge in [-0.3, -0.25) is 4.68 Å². The van der Waals surface area contributed by atoms with Gasteiger partial charge in [0, 0.05) is 6.20 Å². The quantitative estimate of drug-likeness (QED) is 0.542. The van der Waals surface area contributed by atoms with Gasteiger partial charge in [0.1, 0.15) is 5.56 Å². The lowest BCUT2D eigenvalue weighted by atomic mass is 10.3. The van der Waals surface area contributed by atoms with Crippen molar-refractivity contribution < 1.29 is 14.3 Å². The van der Waals surface area contributed by atoms with Gasteiger partial charge < -0.3 is 9.47 Å². The number of hydrogen-bond acceptors (Lipinski definition) is 4. The number of allylic oxidation sites excluding steroid dienone is 1. The molecule has 1 aromatic heterocycles. The summed E-state index contributed by atoms with van der Waals surface area (Å²) in [5.41, 5.74) is 0.334. The van der Waals surface area contributed by atoms with Gasteiger partial charge in [0.25, 0.3) is 0 Å². The lowest BCUT2D eigenvalue weighted by Crippen LogP contribution is -2.05. The van der Waals surface area contributed by atoms with E-state index < -0.39 is 5.97 Å². The lowest BCUT2D eigenvalue weighted by molar-refractivity contribution is 0.0522. The fourth-order valence-corrected chi connectivity index (χ4v) is 1.13. The second-order valence-electron chi connectivity index (χ2n) is 2.78. The third-order valence-electron chi connectivity index (χ3n) is 1.73. The van der Waals surface area contributed by atoms with E-state index in [1.165, 1.54) is 7.11 Å². The first-order chi connectivity index (χ1) is 7.22. The molecule has 0 atom stereocenters. The summed E-state index contributed by atoms with van der Waals surface area (Å²) in [6, 6.07) is 0. The van der Waals surface area contributed by atoms with E-state index >= 15 is 0 Å². The number of methoxy groups -OCH3 is 1. The highest BCUT2D eigenvalue weighted by Gasteiger charge is 2.17. The number of carbonyl (C=O) groups is 1. The van der Waals surface area contributed by atoms with Crippen LogP contribution in [0.2, 0.25) is 0 Å². The van der Waals surface area contributed by atoms with Gasteiger partial charge in [0.15, 0.2) is 0 Å². The van der Waals surface area contributed by atoms with Gasteiger partial charge in [0.05, 0.1) is 20.3 Å². The van der Waals surface area contributed by atoms with Crippen molar-refractivity contribution in [1.29, 1.82) is 0 Å². The highest BCUT2D eigenvalue weighted by atomic mass is 16.5. The van der Waals surface area contributed by atoms with Crippen molar-refractivity contribution in [2.75, 3.05) is 13.7 Å². The van der Waals surface area contributed by atoms with E-state index in [9.17, 15) is 4.79 Å². The Morgan fingerprint density at radius 1 is 1.73 bits per heavy atom. The molecule has 0 bridgehead atoms. The van der Waals surface area contributed by atoms with E-state index in [0.717, 1.165) is 0 Å². The van der Waals surface area contributed by atoms with Gasteiger partial charge in [0.2, 0.25) is 5.88 Å². The van der Waals surface area contributed by atoms with Crippen LogP contribution in [0.25, 0.3) is 0 Å². The van der Waals surface area contributed by atoms with Crippen LogP contribution < -0.4 is 4.74 Å². The van der Waals surface area contributed by atoms with Crippen LogP contribution in [-0.2, 0) is 11.3 Å². The summed E-state index contributed by atoms with van der Waals surface area (Å²) in [7, 11) is 1.46. The highest BCUT2D eigenvalue weighted by Crippen LogP contribution is 2.16. The van der Waals surface area contributed by atoms with E-state index in [1.807, 2.05) is 0 Å². The third kappa shape index (κ3) is 2.59. The maximum Gasteiger partial charge on any atom is 0.345 e. The largest absolute Gasteiger partial charge is 0.479 e. The van der Waals surface area contributed by atoms with Crippen molar-refractivity contribution in [2.24, 2.45) is 0 Å². The molecular formula is C10H14N2O3. The third-order valence-corrected chi connectivity index (χ3v) is 1.73. The van der Waals surface area contributed by atoms with Crippen molar-refractivity contribution in [2.45, 2.75) is 13.5 Å². The molecule has 0 aliphatic rings. The molecule has 1 rings (SSSR count). The SMILES string of the molecule is C=CCn1cc(C(=O)OCC)c(OC)n1. The van der Waals surface area contributed by atoms with Crippen molar-refractivity contribution in [3.05, 3.63) is 24.4 Å². The average molecular weight is 210 g/mol. The molecule has 0 aliphatic heterocycles. The van der Waals surface area contributed by atoms with Crippen molar-refractivity contribution in [1.82, 2.24) is 9.78 Å².